The van der Waals surface area contributed by atoms with E-state index in [0.717, 1.165) is 24.9 Å². The van der Waals surface area contributed by atoms with Crippen molar-refractivity contribution in [2.45, 2.75) is 58.1 Å². The molecule has 1 aromatic rings. The Balaban J connectivity index is 2.19. The fourth-order valence-corrected chi connectivity index (χ4v) is 3.68. The summed E-state index contributed by atoms with van der Waals surface area (Å²) < 4.78 is 9.99. The van der Waals surface area contributed by atoms with Crippen molar-refractivity contribution in [3.05, 3.63) is 35.4 Å². The minimum atomic E-state index is -0.816. The molecule has 3 unspecified atom stereocenters. The Hall–Kier alpha value is -2.21. The van der Waals surface area contributed by atoms with Crippen molar-refractivity contribution in [3.8, 4) is 0 Å². The predicted molar refractivity (Wildman–Crippen MR) is 101 cm³/mol. The summed E-state index contributed by atoms with van der Waals surface area (Å²) in [6.45, 7) is 5.69. The molecule has 27 heavy (non-hydrogen) atoms. The molecule has 0 aliphatic carbocycles. The summed E-state index contributed by atoms with van der Waals surface area (Å²) in [7, 11) is 1.27. The van der Waals surface area contributed by atoms with Crippen LogP contribution in [0.4, 0.5) is 0 Å². The maximum absolute atomic E-state index is 13.2. The number of benzene rings is 1. The van der Waals surface area contributed by atoms with Gasteiger partial charge in [0.15, 0.2) is 5.78 Å². The molecular weight excluding hydrogens is 346 g/mol. The largest absolute Gasteiger partial charge is 0.469 e. The van der Waals surface area contributed by atoms with Crippen LogP contribution in [0.25, 0.3) is 0 Å². The summed E-state index contributed by atoms with van der Waals surface area (Å²) in [6, 6.07) is 8.12. The van der Waals surface area contributed by atoms with Crippen LogP contribution >= 0.6 is 0 Å². The lowest BCUT2D eigenvalue weighted by Crippen LogP contribution is -2.51. The average molecular weight is 375 g/mol. The second-order valence-electron chi connectivity index (χ2n) is 7.35. The van der Waals surface area contributed by atoms with Crippen molar-refractivity contribution in [1.82, 2.24) is 5.32 Å². The zero-order valence-corrected chi connectivity index (χ0v) is 16.5. The van der Waals surface area contributed by atoms with E-state index < -0.39 is 29.5 Å². The van der Waals surface area contributed by atoms with Crippen LogP contribution < -0.4 is 5.32 Å². The van der Waals surface area contributed by atoms with Gasteiger partial charge in [0.1, 0.15) is 12.0 Å². The highest BCUT2D eigenvalue weighted by molar-refractivity contribution is 5.92. The molecule has 1 N–H and O–H groups in total. The van der Waals surface area contributed by atoms with E-state index in [1.807, 2.05) is 31.2 Å². The van der Waals surface area contributed by atoms with Gasteiger partial charge in [-0.05, 0) is 45.2 Å². The van der Waals surface area contributed by atoms with Crippen molar-refractivity contribution in [2.75, 3.05) is 13.7 Å². The normalized spacial score (nSPS) is 21.3. The first-order valence-corrected chi connectivity index (χ1v) is 9.36. The van der Waals surface area contributed by atoms with Crippen molar-refractivity contribution in [1.29, 1.82) is 0 Å². The number of carbonyl (C=O) groups is 3. The first-order chi connectivity index (χ1) is 12.8. The summed E-state index contributed by atoms with van der Waals surface area (Å²) in [5, 5.41) is 3.37. The number of hydrogen-bond acceptors (Lipinski definition) is 6. The number of aryl methyl sites for hydroxylation is 1. The van der Waals surface area contributed by atoms with Crippen LogP contribution in [0.5, 0.6) is 0 Å². The van der Waals surface area contributed by atoms with Gasteiger partial charge in [-0.25, -0.2) is 0 Å². The Bertz CT molecular complexity index is 676. The van der Waals surface area contributed by atoms with Gasteiger partial charge in [0.05, 0.1) is 12.6 Å². The summed E-state index contributed by atoms with van der Waals surface area (Å²) in [6.07, 6.45) is 1.44. The second kappa shape index (κ2) is 9.13. The molecule has 1 saturated heterocycles. The van der Waals surface area contributed by atoms with Crippen LogP contribution in [-0.2, 0) is 30.3 Å². The third-order valence-electron chi connectivity index (χ3n) is 5.23. The van der Waals surface area contributed by atoms with Gasteiger partial charge in [-0.1, -0.05) is 29.8 Å². The van der Waals surface area contributed by atoms with E-state index in [4.69, 9.17) is 9.47 Å². The first-order valence-electron chi connectivity index (χ1n) is 9.36. The highest BCUT2D eigenvalue weighted by Crippen LogP contribution is 2.29. The third-order valence-corrected chi connectivity index (χ3v) is 5.23. The van der Waals surface area contributed by atoms with Crippen molar-refractivity contribution in [3.63, 3.8) is 0 Å². The quantitative estimate of drug-likeness (QED) is 0.703. The van der Waals surface area contributed by atoms with E-state index in [1.54, 1.807) is 6.92 Å². The molecule has 0 amide bonds. The zero-order chi connectivity index (χ0) is 20.0. The van der Waals surface area contributed by atoms with Crippen LogP contribution in [0, 0.1) is 12.8 Å². The topological polar surface area (TPSA) is 81.7 Å². The molecule has 0 saturated carbocycles. The molecule has 1 aliphatic rings. The molecule has 6 heteroatoms. The number of rotatable bonds is 8. The monoisotopic (exact) mass is 375 g/mol. The summed E-state index contributed by atoms with van der Waals surface area (Å²) in [5.74, 6) is -1.89. The van der Waals surface area contributed by atoms with E-state index >= 15 is 0 Å². The number of hydrogen-bond donors (Lipinski definition) is 1. The lowest BCUT2D eigenvalue weighted by molar-refractivity contribution is -0.160. The molecule has 0 spiro atoms. The van der Waals surface area contributed by atoms with E-state index in [1.165, 1.54) is 19.6 Å². The van der Waals surface area contributed by atoms with Gasteiger partial charge >= 0.3 is 11.9 Å². The van der Waals surface area contributed by atoms with E-state index in [-0.39, 0.29) is 12.2 Å². The van der Waals surface area contributed by atoms with Gasteiger partial charge in [0.2, 0.25) is 0 Å². The van der Waals surface area contributed by atoms with Gasteiger partial charge in [0.25, 0.3) is 0 Å². The summed E-state index contributed by atoms with van der Waals surface area (Å²) in [5.41, 5.74) is 1.54. The lowest BCUT2D eigenvalue weighted by Gasteiger charge is -2.31. The first kappa shape index (κ1) is 21.1. The molecule has 1 aromatic carbocycles. The van der Waals surface area contributed by atoms with Crippen molar-refractivity contribution < 1.29 is 23.9 Å². The minimum absolute atomic E-state index is 0.0278. The van der Waals surface area contributed by atoms with E-state index in [9.17, 15) is 14.4 Å². The Morgan fingerprint density at radius 3 is 2.41 bits per heavy atom. The Morgan fingerprint density at radius 2 is 1.89 bits per heavy atom. The number of Topliss-reactive ketones (excluding diaryl/α,β-unsaturated/α-hetero) is 1. The molecule has 0 bridgehead atoms. The third kappa shape index (κ3) is 5.39. The Morgan fingerprint density at radius 1 is 1.22 bits per heavy atom. The second-order valence-corrected chi connectivity index (χ2v) is 7.35. The molecule has 1 fully saturated rings. The van der Waals surface area contributed by atoms with Crippen LogP contribution in [-0.4, -0.2) is 43.0 Å². The van der Waals surface area contributed by atoms with Crippen LogP contribution in [0.15, 0.2) is 24.3 Å². The molecule has 1 heterocycles. The molecule has 0 aromatic heterocycles. The lowest BCUT2D eigenvalue weighted by atomic mass is 9.80. The molecule has 3 atom stereocenters. The number of esters is 2. The van der Waals surface area contributed by atoms with Gasteiger partial charge in [-0.3, -0.25) is 14.4 Å². The fourth-order valence-electron chi connectivity index (χ4n) is 3.68. The van der Waals surface area contributed by atoms with Crippen molar-refractivity contribution in [2.24, 2.45) is 5.92 Å². The number of carbonyl (C=O) groups excluding carboxylic acids is 3. The van der Waals surface area contributed by atoms with Crippen LogP contribution in [0.2, 0.25) is 0 Å². The number of methoxy groups -OCH3 is 1. The van der Waals surface area contributed by atoms with Gasteiger partial charge in [-0.2, -0.15) is 0 Å². The Kier molecular flexibility index (Phi) is 7.13. The highest BCUT2D eigenvalue weighted by Gasteiger charge is 2.43. The number of ketones is 1. The summed E-state index contributed by atoms with van der Waals surface area (Å²) >= 11 is 0. The van der Waals surface area contributed by atoms with E-state index in [0.29, 0.717) is 6.42 Å². The molecule has 6 nitrogen and oxygen atoms in total. The maximum atomic E-state index is 13.2. The fraction of sp³-hybridized carbons (Fsp3) is 0.571. The number of ether oxygens (including phenoxy) is 2. The predicted octanol–water partition coefficient (Wildman–Crippen LogP) is 2.36. The summed E-state index contributed by atoms with van der Waals surface area (Å²) in [4.78, 5) is 36.7. The van der Waals surface area contributed by atoms with Gasteiger partial charge in [0, 0.05) is 13.3 Å². The minimum Gasteiger partial charge on any atom is -0.469 e. The highest BCUT2D eigenvalue weighted by atomic mass is 16.6. The van der Waals surface area contributed by atoms with Crippen LogP contribution in [0.1, 0.15) is 44.2 Å². The molecule has 1 aliphatic heterocycles. The molecule has 148 valence electrons. The molecule has 0 radical (unpaired) electrons. The standard InChI is InChI=1S/C21H29NO5/c1-14-6-8-17(9-7-14)13-21(10-5-11-22-21)19(24)12-18(20(25)26-4)15(2)27-16(3)23/h6-9,15,18,22H,5,10-13H2,1-4H3. The average Bonchev–Trinajstić information content (AvgIpc) is 3.10. The number of nitrogens with one attached hydrogen (secondary N) is 1. The van der Waals surface area contributed by atoms with E-state index in [2.05, 4.69) is 5.32 Å². The van der Waals surface area contributed by atoms with Crippen LogP contribution in [0.3, 0.4) is 0 Å². The smallest absolute Gasteiger partial charge is 0.312 e. The Labute approximate surface area is 160 Å². The zero-order valence-electron chi connectivity index (χ0n) is 16.5. The van der Waals surface area contributed by atoms with Crippen molar-refractivity contribution >= 4 is 17.7 Å². The maximum Gasteiger partial charge on any atom is 0.312 e. The van der Waals surface area contributed by atoms with Gasteiger partial charge < -0.3 is 14.8 Å². The molecule has 2 rings (SSSR count). The molecular formula is C21H29NO5. The SMILES string of the molecule is COC(=O)C(CC(=O)C1(Cc2ccc(C)cc2)CCCN1)C(C)OC(C)=O. The van der Waals surface area contributed by atoms with Gasteiger partial charge in [-0.15, -0.1) is 0 Å².